The van der Waals surface area contributed by atoms with Crippen LogP contribution in [0.15, 0.2) is 24.5 Å². The van der Waals surface area contributed by atoms with Crippen molar-refractivity contribution in [2.75, 3.05) is 6.61 Å². The Morgan fingerprint density at radius 3 is 2.89 bits per heavy atom. The lowest BCUT2D eigenvalue weighted by atomic mass is 10.2. The van der Waals surface area contributed by atoms with Crippen molar-refractivity contribution in [3.63, 3.8) is 0 Å². The minimum atomic E-state index is -1.06. The van der Waals surface area contributed by atoms with Gasteiger partial charge >= 0.3 is 0 Å². The first-order chi connectivity index (χ1) is 9.01. The summed E-state index contributed by atoms with van der Waals surface area (Å²) in [6.45, 7) is 8.19. The number of pyridine rings is 1. The number of hydrogen-bond acceptors (Lipinski definition) is 3. The Kier molecular flexibility index (Phi) is 4.16. The average molecular weight is 276 g/mol. The summed E-state index contributed by atoms with van der Waals surface area (Å²) in [6, 6.07) is 4.89. The van der Waals surface area contributed by atoms with Gasteiger partial charge in [0, 0.05) is 38.0 Å². The molecule has 0 atom stereocenters. The molecule has 0 fully saturated rings. The van der Waals surface area contributed by atoms with E-state index in [1.165, 1.54) is 0 Å². The maximum atomic E-state index is 11.0. The third-order valence-corrected chi connectivity index (χ3v) is 4.72. The maximum Gasteiger partial charge on any atom is 0.152 e. The van der Waals surface area contributed by atoms with Gasteiger partial charge in [-0.15, -0.1) is 0 Å². The van der Waals surface area contributed by atoms with Crippen molar-refractivity contribution in [3.05, 3.63) is 30.1 Å². The number of nitrogens with zero attached hydrogens (tertiary/aromatic N) is 2. The predicted octanol–water partition coefficient (Wildman–Crippen LogP) is 3.16. The lowest BCUT2D eigenvalue weighted by molar-refractivity contribution is 0.0897. The number of ether oxygens (including phenoxy) is 1. The molecule has 0 spiro atoms. The monoisotopic (exact) mass is 276 g/mol. The van der Waals surface area contributed by atoms with E-state index < -0.39 is 8.07 Å². The van der Waals surface area contributed by atoms with E-state index in [-0.39, 0.29) is 0 Å². The van der Waals surface area contributed by atoms with E-state index in [2.05, 4.69) is 24.6 Å². The van der Waals surface area contributed by atoms with Gasteiger partial charge in [0.25, 0.3) is 0 Å². The minimum absolute atomic E-state index is 0.450. The molecule has 0 radical (unpaired) electrons. The fourth-order valence-corrected chi connectivity index (χ4v) is 2.64. The predicted molar refractivity (Wildman–Crippen MR) is 79.2 cm³/mol. The van der Waals surface area contributed by atoms with Crippen molar-refractivity contribution in [2.24, 2.45) is 0 Å². The molecule has 0 unspecified atom stereocenters. The molecular weight excluding hydrogens is 256 g/mol. The smallest absolute Gasteiger partial charge is 0.152 e. The highest BCUT2D eigenvalue weighted by molar-refractivity contribution is 6.76. The van der Waals surface area contributed by atoms with Gasteiger partial charge in [-0.25, -0.2) is 4.98 Å². The minimum Gasteiger partial charge on any atom is -0.361 e. The second kappa shape index (κ2) is 5.67. The molecule has 5 heteroatoms. The summed E-state index contributed by atoms with van der Waals surface area (Å²) < 4.78 is 7.60. The third-order valence-electron chi connectivity index (χ3n) is 3.02. The van der Waals surface area contributed by atoms with Crippen molar-refractivity contribution in [1.29, 1.82) is 0 Å². The van der Waals surface area contributed by atoms with Crippen LogP contribution >= 0.6 is 0 Å². The largest absolute Gasteiger partial charge is 0.361 e. The Labute approximate surface area is 114 Å². The molecule has 19 heavy (non-hydrogen) atoms. The number of aldehydes is 1. The van der Waals surface area contributed by atoms with Gasteiger partial charge in [0.05, 0.1) is 0 Å². The molecule has 0 aromatic carbocycles. The normalized spacial score (nSPS) is 11.9. The zero-order valence-corrected chi connectivity index (χ0v) is 12.7. The van der Waals surface area contributed by atoms with Crippen LogP contribution in [-0.2, 0) is 11.5 Å². The van der Waals surface area contributed by atoms with E-state index in [0.717, 1.165) is 30.0 Å². The average Bonchev–Trinajstić information content (AvgIpc) is 2.72. The Morgan fingerprint density at radius 2 is 2.21 bits per heavy atom. The molecule has 0 aliphatic heterocycles. The highest BCUT2D eigenvalue weighted by Crippen LogP contribution is 2.18. The molecule has 0 bridgehead atoms. The molecule has 0 N–H and O–H groups in total. The van der Waals surface area contributed by atoms with Crippen molar-refractivity contribution in [2.45, 2.75) is 32.4 Å². The van der Waals surface area contributed by atoms with E-state index in [0.29, 0.717) is 12.3 Å². The van der Waals surface area contributed by atoms with Crippen LogP contribution in [0.2, 0.25) is 25.7 Å². The Morgan fingerprint density at radius 1 is 1.42 bits per heavy atom. The SMILES string of the molecule is C[Si](C)(C)CCOCn1cc(C=O)c2cccnc21. The molecule has 2 heterocycles. The van der Waals surface area contributed by atoms with Crippen LogP contribution < -0.4 is 0 Å². The molecule has 0 saturated carbocycles. The summed E-state index contributed by atoms with van der Waals surface area (Å²) in [7, 11) is -1.06. The van der Waals surface area contributed by atoms with Crippen LogP contribution in [0.4, 0.5) is 0 Å². The molecule has 102 valence electrons. The van der Waals surface area contributed by atoms with E-state index in [4.69, 9.17) is 4.74 Å². The lowest BCUT2D eigenvalue weighted by Gasteiger charge is -2.15. The van der Waals surface area contributed by atoms with E-state index in [1.54, 1.807) is 12.4 Å². The van der Waals surface area contributed by atoms with Gasteiger partial charge in [0.2, 0.25) is 0 Å². The second-order valence-electron chi connectivity index (χ2n) is 5.89. The van der Waals surface area contributed by atoms with Gasteiger partial charge in [0.15, 0.2) is 6.29 Å². The van der Waals surface area contributed by atoms with Crippen LogP contribution in [-0.4, -0.2) is 30.5 Å². The highest BCUT2D eigenvalue weighted by Gasteiger charge is 2.13. The van der Waals surface area contributed by atoms with E-state index >= 15 is 0 Å². The Balaban J connectivity index is 2.07. The van der Waals surface area contributed by atoms with Gasteiger partial charge in [-0.1, -0.05) is 19.6 Å². The fourth-order valence-electron chi connectivity index (χ4n) is 1.88. The topological polar surface area (TPSA) is 44.1 Å². The highest BCUT2D eigenvalue weighted by atomic mass is 28.3. The number of aromatic nitrogens is 2. The lowest BCUT2D eigenvalue weighted by Crippen LogP contribution is -2.22. The zero-order valence-electron chi connectivity index (χ0n) is 11.7. The summed E-state index contributed by atoms with van der Waals surface area (Å²) >= 11 is 0. The van der Waals surface area contributed by atoms with Crippen LogP contribution in [0.5, 0.6) is 0 Å². The number of rotatable bonds is 6. The first-order valence-corrected chi connectivity index (χ1v) is 10.2. The molecular formula is C14H20N2O2Si. The fraction of sp³-hybridized carbons (Fsp3) is 0.429. The molecule has 0 amide bonds. The number of hydrogen-bond donors (Lipinski definition) is 0. The summed E-state index contributed by atoms with van der Waals surface area (Å²) in [5.74, 6) is 0. The Hall–Kier alpha value is -1.46. The number of fused-ring (bicyclic) bond motifs is 1. The zero-order chi connectivity index (χ0) is 13.9. The molecule has 2 aromatic heterocycles. The van der Waals surface area contributed by atoms with Gasteiger partial charge in [0.1, 0.15) is 12.4 Å². The quantitative estimate of drug-likeness (QED) is 0.462. The van der Waals surface area contributed by atoms with E-state index in [1.807, 2.05) is 16.7 Å². The second-order valence-corrected chi connectivity index (χ2v) is 11.5. The molecule has 4 nitrogen and oxygen atoms in total. The first-order valence-electron chi connectivity index (χ1n) is 6.48. The summed E-state index contributed by atoms with van der Waals surface area (Å²) in [5.41, 5.74) is 1.47. The molecule has 0 saturated heterocycles. The van der Waals surface area contributed by atoms with Crippen LogP contribution in [0.3, 0.4) is 0 Å². The van der Waals surface area contributed by atoms with Gasteiger partial charge < -0.3 is 9.30 Å². The van der Waals surface area contributed by atoms with Crippen LogP contribution in [0.25, 0.3) is 11.0 Å². The summed E-state index contributed by atoms with van der Waals surface area (Å²) in [5, 5.41) is 0.881. The van der Waals surface area contributed by atoms with Crippen molar-refractivity contribution in [3.8, 4) is 0 Å². The molecule has 2 rings (SSSR count). The molecule has 0 aliphatic rings. The molecule has 2 aromatic rings. The number of carbonyl (C=O) groups excluding carboxylic acids is 1. The summed E-state index contributed by atoms with van der Waals surface area (Å²) in [4.78, 5) is 15.3. The maximum absolute atomic E-state index is 11.0. The van der Waals surface area contributed by atoms with Crippen molar-refractivity contribution >= 4 is 25.4 Å². The van der Waals surface area contributed by atoms with Crippen LogP contribution in [0.1, 0.15) is 10.4 Å². The Bertz CT molecular complexity index is 572. The number of carbonyl (C=O) groups is 1. The summed E-state index contributed by atoms with van der Waals surface area (Å²) in [6.07, 6.45) is 4.40. The van der Waals surface area contributed by atoms with Crippen LogP contribution in [0, 0.1) is 0 Å². The molecule has 0 aliphatic carbocycles. The van der Waals surface area contributed by atoms with E-state index in [9.17, 15) is 4.79 Å². The van der Waals surface area contributed by atoms with Gasteiger partial charge in [-0.05, 0) is 18.2 Å². The first kappa shape index (κ1) is 14.0. The van der Waals surface area contributed by atoms with Crippen molar-refractivity contribution < 1.29 is 9.53 Å². The van der Waals surface area contributed by atoms with Gasteiger partial charge in [-0.2, -0.15) is 0 Å². The van der Waals surface area contributed by atoms with Crippen molar-refractivity contribution in [1.82, 2.24) is 9.55 Å². The standard InChI is InChI=1S/C14H20N2O2Si/c1-19(2,3)8-7-18-11-16-9-12(10-17)13-5-4-6-15-14(13)16/h4-6,9-10H,7-8,11H2,1-3H3. The third kappa shape index (κ3) is 3.51. The van der Waals surface area contributed by atoms with Gasteiger partial charge in [-0.3, -0.25) is 4.79 Å².